The largest absolute Gasteiger partial charge is 0.481 e. The molecule has 2 unspecified atom stereocenters. The van der Waals surface area contributed by atoms with Crippen LogP contribution in [0.2, 0.25) is 0 Å². The second-order valence-electron chi connectivity index (χ2n) is 4.17. The summed E-state index contributed by atoms with van der Waals surface area (Å²) in [6.07, 6.45) is 2.33. The summed E-state index contributed by atoms with van der Waals surface area (Å²) >= 11 is 0. The van der Waals surface area contributed by atoms with Gasteiger partial charge in [0.2, 0.25) is 0 Å². The smallest absolute Gasteiger partial charge is 0.308 e. The van der Waals surface area contributed by atoms with Gasteiger partial charge in [-0.25, -0.2) is 0 Å². The number of hydrogen-bond donors (Lipinski definition) is 3. The summed E-state index contributed by atoms with van der Waals surface area (Å²) in [7, 11) is 0. The Morgan fingerprint density at radius 2 is 2.18 bits per heavy atom. The van der Waals surface area contributed by atoms with Crippen molar-refractivity contribution in [3.8, 4) is 0 Å². The van der Waals surface area contributed by atoms with Crippen LogP contribution in [0, 0.1) is 5.92 Å². The summed E-state index contributed by atoms with van der Waals surface area (Å²) in [6.45, 7) is 1.84. The van der Waals surface area contributed by atoms with Crippen molar-refractivity contribution in [2.75, 3.05) is 0 Å². The number of aromatic nitrogens is 1. The number of carboxylic acids is 1. The van der Waals surface area contributed by atoms with Gasteiger partial charge in [0.1, 0.15) is 0 Å². The maximum absolute atomic E-state index is 11.1. The zero-order valence-corrected chi connectivity index (χ0v) is 9.68. The van der Waals surface area contributed by atoms with Crippen molar-refractivity contribution in [2.45, 2.75) is 19.4 Å². The van der Waals surface area contributed by atoms with Crippen LogP contribution in [0.1, 0.15) is 24.9 Å². The third kappa shape index (κ3) is 2.03. The van der Waals surface area contributed by atoms with Gasteiger partial charge in [-0.2, -0.15) is 0 Å². The number of para-hydroxylation sites is 1. The Labute approximate surface area is 99.4 Å². The molecule has 0 amide bonds. The summed E-state index contributed by atoms with van der Waals surface area (Å²) in [5, 5.41) is 10.1. The van der Waals surface area contributed by atoms with Gasteiger partial charge in [-0.3, -0.25) is 4.79 Å². The molecule has 90 valence electrons. The third-order valence-electron chi connectivity index (χ3n) is 3.17. The fourth-order valence-electron chi connectivity index (χ4n) is 2.17. The predicted octanol–water partition coefficient (Wildman–Crippen LogP) is 2.28. The Bertz CT molecular complexity index is 533. The highest BCUT2D eigenvalue weighted by Gasteiger charge is 2.26. The molecule has 0 fully saturated rings. The maximum atomic E-state index is 11.1. The monoisotopic (exact) mass is 232 g/mol. The molecular formula is C13H16N2O2. The number of hydrogen-bond acceptors (Lipinski definition) is 2. The summed E-state index contributed by atoms with van der Waals surface area (Å²) in [5.41, 5.74) is 7.92. The first-order valence-electron chi connectivity index (χ1n) is 5.69. The molecule has 0 aliphatic heterocycles. The van der Waals surface area contributed by atoms with Crippen LogP contribution in [0.4, 0.5) is 0 Å². The van der Waals surface area contributed by atoms with E-state index in [0.29, 0.717) is 6.42 Å². The highest BCUT2D eigenvalue weighted by molar-refractivity contribution is 5.84. The molecule has 1 aromatic heterocycles. The van der Waals surface area contributed by atoms with Crippen LogP contribution in [-0.4, -0.2) is 16.1 Å². The van der Waals surface area contributed by atoms with E-state index in [1.165, 1.54) is 0 Å². The molecule has 0 spiro atoms. The lowest BCUT2D eigenvalue weighted by Gasteiger charge is -2.18. The van der Waals surface area contributed by atoms with E-state index in [1.54, 1.807) is 6.20 Å². The Hall–Kier alpha value is -1.81. The van der Waals surface area contributed by atoms with E-state index in [9.17, 15) is 4.79 Å². The first-order valence-corrected chi connectivity index (χ1v) is 5.69. The molecule has 1 aromatic carbocycles. The van der Waals surface area contributed by atoms with E-state index in [2.05, 4.69) is 4.98 Å². The average Bonchev–Trinajstić information content (AvgIpc) is 2.72. The summed E-state index contributed by atoms with van der Waals surface area (Å²) in [6, 6.07) is 7.29. The molecule has 0 aliphatic rings. The van der Waals surface area contributed by atoms with Crippen molar-refractivity contribution < 1.29 is 9.90 Å². The van der Waals surface area contributed by atoms with Crippen LogP contribution in [0.5, 0.6) is 0 Å². The Morgan fingerprint density at radius 1 is 1.47 bits per heavy atom. The molecule has 0 saturated heterocycles. The van der Waals surface area contributed by atoms with Gasteiger partial charge in [0, 0.05) is 23.1 Å². The number of nitrogens with one attached hydrogen (secondary N) is 1. The fourth-order valence-corrected chi connectivity index (χ4v) is 2.17. The number of carbonyl (C=O) groups is 1. The lowest BCUT2D eigenvalue weighted by molar-refractivity contribution is -0.142. The fraction of sp³-hybridized carbons (Fsp3) is 0.308. The normalized spacial score (nSPS) is 14.7. The van der Waals surface area contributed by atoms with Crippen LogP contribution >= 0.6 is 0 Å². The second-order valence-corrected chi connectivity index (χ2v) is 4.17. The topological polar surface area (TPSA) is 79.1 Å². The molecule has 17 heavy (non-hydrogen) atoms. The molecule has 0 bridgehead atoms. The predicted molar refractivity (Wildman–Crippen MR) is 66.6 cm³/mol. The molecule has 4 heteroatoms. The minimum Gasteiger partial charge on any atom is -0.481 e. The standard InChI is InChI=1S/C13H16N2O2/c1-2-8(13(16)17)12(14)10-7-15-11-6-4-3-5-9(10)11/h3-8,12,15H,2,14H2,1H3,(H,16,17). The van der Waals surface area contributed by atoms with Gasteiger partial charge >= 0.3 is 5.97 Å². The lowest BCUT2D eigenvalue weighted by atomic mass is 9.91. The highest BCUT2D eigenvalue weighted by atomic mass is 16.4. The number of aromatic amines is 1. The molecule has 2 aromatic rings. The molecule has 0 radical (unpaired) electrons. The van der Waals surface area contributed by atoms with Gasteiger partial charge < -0.3 is 15.8 Å². The van der Waals surface area contributed by atoms with Crippen LogP contribution in [0.15, 0.2) is 30.5 Å². The lowest BCUT2D eigenvalue weighted by Crippen LogP contribution is -2.27. The number of nitrogens with two attached hydrogens (primary N) is 1. The number of fused-ring (bicyclic) bond motifs is 1. The second kappa shape index (κ2) is 4.59. The van der Waals surface area contributed by atoms with Crippen LogP contribution < -0.4 is 5.73 Å². The Morgan fingerprint density at radius 3 is 2.82 bits per heavy atom. The number of benzene rings is 1. The van der Waals surface area contributed by atoms with Crippen molar-refractivity contribution in [3.05, 3.63) is 36.0 Å². The van der Waals surface area contributed by atoms with E-state index in [-0.39, 0.29) is 0 Å². The van der Waals surface area contributed by atoms with Gasteiger partial charge in [0.05, 0.1) is 5.92 Å². The van der Waals surface area contributed by atoms with Crippen LogP contribution in [-0.2, 0) is 4.79 Å². The van der Waals surface area contributed by atoms with Crippen LogP contribution in [0.25, 0.3) is 10.9 Å². The molecule has 2 rings (SSSR count). The average molecular weight is 232 g/mol. The summed E-state index contributed by atoms with van der Waals surface area (Å²) in [4.78, 5) is 14.2. The van der Waals surface area contributed by atoms with Gasteiger partial charge in [0.25, 0.3) is 0 Å². The number of aliphatic carboxylic acids is 1. The Kier molecular flexibility index (Phi) is 3.15. The number of H-pyrrole nitrogens is 1. The summed E-state index contributed by atoms with van der Waals surface area (Å²) in [5.74, 6) is -1.39. The van der Waals surface area contributed by atoms with Crippen molar-refractivity contribution in [2.24, 2.45) is 11.7 Å². The van der Waals surface area contributed by atoms with E-state index < -0.39 is 17.9 Å². The first kappa shape index (κ1) is 11.7. The number of rotatable bonds is 4. The SMILES string of the molecule is CCC(C(=O)O)C(N)c1c[nH]c2ccccc12. The van der Waals surface area contributed by atoms with Gasteiger partial charge in [0.15, 0.2) is 0 Å². The summed E-state index contributed by atoms with van der Waals surface area (Å²) < 4.78 is 0. The molecule has 4 nitrogen and oxygen atoms in total. The molecule has 0 aliphatic carbocycles. The number of carboxylic acid groups (broad SMARTS) is 1. The third-order valence-corrected chi connectivity index (χ3v) is 3.17. The van der Waals surface area contributed by atoms with Crippen molar-refractivity contribution >= 4 is 16.9 Å². The van der Waals surface area contributed by atoms with Gasteiger partial charge in [-0.1, -0.05) is 25.1 Å². The van der Waals surface area contributed by atoms with Crippen molar-refractivity contribution in [1.82, 2.24) is 4.98 Å². The van der Waals surface area contributed by atoms with E-state index in [1.807, 2.05) is 31.2 Å². The van der Waals surface area contributed by atoms with Crippen molar-refractivity contribution in [3.63, 3.8) is 0 Å². The molecular weight excluding hydrogens is 216 g/mol. The highest BCUT2D eigenvalue weighted by Crippen LogP contribution is 2.28. The minimum absolute atomic E-state index is 0.478. The Balaban J connectivity index is 2.42. The maximum Gasteiger partial charge on any atom is 0.308 e. The van der Waals surface area contributed by atoms with E-state index >= 15 is 0 Å². The van der Waals surface area contributed by atoms with E-state index in [4.69, 9.17) is 10.8 Å². The molecule has 2 atom stereocenters. The van der Waals surface area contributed by atoms with E-state index in [0.717, 1.165) is 16.5 Å². The van der Waals surface area contributed by atoms with Gasteiger partial charge in [-0.05, 0) is 18.1 Å². The molecule has 1 heterocycles. The molecule has 4 N–H and O–H groups in total. The zero-order valence-electron chi connectivity index (χ0n) is 9.68. The quantitative estimate of drug-likeness (QED) is 0.756. The first-order chi connectivity index (χ1) is 8.15. The van der Waals surface area contributed by atoms with Crippen molar-refractivity contribution in [1.29, 1.82) is 0 Å². The van der Waals surface area contributed by atoms with Gasteiger partial charge in [-0.15, -0.1) is 0 Å². The van der Waals surface area contributed by atoms with Crippen LogP contribution in [0.3, 0.4) is 0 Å². The zero-order chi connectivity index (χ0) is 12.4. The minimum atomic E-state index is -0.842. The molecule has 0 saturated carbocycles.